The molecule has 0 spiro atoms. The number of nitrogens with zero attached hydrogens (tertiary/aromatic N) is 6. The number of aromatic nitrogens is 5. The van der Waals surface area contributed by atoms with E-state index in [-0.39, 0.29) is 11.9 Å². The van der Waals surface area contributed by atoms with Crippen LogP contribution in [0.4, 0.5) is 13.2 Å². The van der Waals surface area contributed by atoms with Gasteiger partial charge in [-0.25, -0.2) is 4.98 Å². The van der Waals surface area contributed by atoms with Crippen molar-refractivity contribution in [1.29, 1.82) is 0 Å². The molecule has 2 fully saturated rings. The molecule has 2 aliphatic rings. The smallest absolute Gasteiger partial charge is 0.375 e. The minimum Gasteiger partial charge on any atom is -0.375 e. The Morgan fingerprint density at radius 2 is 2.17 bits per heavy atom. The fourth-order valence-corrected chi connectivity index (χ4v) is 3.02. The molecule has 122 valence electrons. The Kier molecular flexibility index (Phi) is 3.31. The van der Waals surface area contributed by atoms with E-state index in [2.05, 4.69) is 25.4 Å². The molecule has 0 radical (unpaired) electrons. The number of alkyl halides is 3. The number of tetrazole rings is 1. The SMILES string of the molecule is FC(F)(F)c1ccc(-n2nnnc2CN2C[C@@H]3C[C@H]2CO3)nc1. The summed E-state index contributed by atoms with van der Waals surface area (Å²) in [6, 6.07) is 2.59. The molecule has 0 unspecified atom stereocenters. The predicted molar refractivity (Wildman–Crippen MR) is 70.5 cm³/mol. The van der Waals surface area contributed by atoms with Crippen molar-refractivity contribution in [2.45, 2.75) is 31.3 Å². The van der Waals surface area contributed by atoms with Gasteiger partial charge >= 0.3 is 6.18 Å². The third kappa shape index (κ3) is 2.68. The molecule has 2 aromatic rings. The highest BCUT2D eigenvalue weighted by atomic mass is 19.4. The second-order valence-electron chi connectivity index (χ2n) is 5.68. The number of hydrogen-bond acceptors (Lipinski definition) is 6. The van der Waals surface area contributed by atoms with Crippen LogP contribution in [0, 0.1) is 0 Å². The molecule has 2 aromatic heterocycles. The third-order valence-electron chi connectivity index (χ3n) is 4.18. The lowest BCUT2D eigenvalue weighted by molar-refractivity contribution is -0.137. The fourth-order valence-electron chi connectivity index (χ4n) is 3.02. The van der Waals surface area contributed by atoms with E-state index in [0.717, 1.165) is 25.2 Å². The Morgan fingerprint density at radius 1 is 1.30 bits per heavy atom. The molecule has 0 aliphatic carbocycles. The number of rotatable bonds is 3. The molecule has 0 N–H and O–H groups in total. The van der Waals surface area contributed by atoms with Crippen LogP contribution in [0.15, 0.2) is 18.3 Å². The average Bonchev–Trinajstić information content (AvgIpc) is 3.23. The maximum absolute atomic E-state index is 12.6. The van der Waals surface area contributed by atoms with Gasteiger partial charge in [0, 0.05) is 18.8 Å². The van der Waals surface area contributed by atoms with Gasteiger partial charge in [0.05, 0.1) is 24.8 Å². The summed E-state index contributed by atoms with van der Waals surface area (Å²) in [7, 11) is 0. The van der Waals surface area contributed by atoms with Gasteiger partial charge in [-0.3, -0.25) is 4.90 Å². The summed E-state index contributed by atoms with van der Waals surface area (Å²) in [6.07, 6.45) is -2.37. The van der Waals surface area contributed by atoms with Gasteiger partial charge in [0.1, 0.15) is 0 Å². The van der Waals surface area contributed by atoms with E-state index in [4.69, 9.17) is 4.74 Å². The molecule has 2 atom stereocenters. The first-order chi connectivity index (χ1) is 11.0. The van der Waals surface area contributed by atoms with E-state index in [0.29, 0.717) is 25.0 Å². The molecule has 4 rings (SSSR count). The van der Waals surface area contributed by atoms with Crippen molar-refractivity contribution >= 4 is 0 Å². The minimum atomic E-state index is -4.41. The highest BCUT2D eigenvalue weighted by Crippen LogP contribution is 2.30. The molecule has 2 aliphatic heterocycles. The monoisotopic (exact) mass is 326 g/mol. The third-order valence-corrected chi connectivity index (χ3v) is 4.18. The van der Waals surface area contributed by atoms with E-state index in [1.54, 1.807) is 0 Å². The molecular formula is C13H13F3N6O. The van der Waals surface area contributed by atoms with Crippen LogP contribution in [0.25, 0.3) is 5.82 Å². The van der Waals surface area contributed by atoms with Crippen molar-refractivity contribution in [3.63, 3.8) is 0 Å². The van der Waals surface area contributed by atoms with Crippen LogP contribution in [-0.4, -0.2) is 55.4 Å². The Morgan fingerprint density at radius 3 is 2.78 bits per heavy atom. The normalized spacial score (nSPS) is 24.5. The summed E-state index contributed by atoms with van der Waals surface area (Å²) in [5, 5.41) is 11.4. The van der Waals surface area contributed by atoms with E-state index < -0.39 is 11.7 Å². The van der Waals surface area contributed by atoms with Crippen LogP contribution in [0.1, 0.15) is 17.8 Å². The molecule has 4 heterocycles. The van der Waals surface area contributed by atoms with Gasteiger partial charge in [0.25, 0.3) is 0 Å². The first-order valence-corrected chi connectivity index (χ1v) is 7.17. The van der Waals surface area contributed by atoms with Crippen LogP contribution in [0.5, 0.6) is 0 Å². The van der Waals surface area contributed by atoms with Crippen LogP contribution >= 0.6 is 0 Å². The lowest BCUT2D eigenvalue weighted by atomic mass is 10.2. The van der Waals surface area contributed by atoms with E-state index in [1.807, 2.05) is 0 Å². The van der Waals surface area contributed by atoms with Gasteiger partial charge in [-0.05, 0) is 29.0 Å². The van der Waals surface area contributed by atoms with Crippen LogP contribution in [-0.2, 0) is 17.5 Å². The summed E-state index contributed by atoms with van der Waals surface area (Å²) in [6.45, 7) is 2.03. The second kappa shape index (κ2) is 5.24. The first-order valence-electron chi connectivity index (χ1n) is 7.17. The van der Waals surface area contributed by atoms with Crippen molar-refractivity contribution < 1.29 is 17.9 Å². The zero-order chi connectivity index (χ0) is 16.0. The molecule has 7 nitrogen and oxygen atoms in total. The van der Waals surface area contributed by atoms with Crippen molar-refractivity contribution in [2.75, 3.05) is 13.2 Å². The van der Waals surface area contributed by atoms with Crippen LogP contribution < -0.4 is 0 Å². The maximum atomic E-state index is 12.6. The largest absolute Gasteiger partial charge is 0.417 e. The lowest BCUT2D eigenvalue weighted by Crippen LogP contribution is -2.37. The van der Waals surface area contributed by atoms with E-state index in [1.165, 1.54) is 10.7 Å². The summed E-state index contributed by atoms with van der Waals surface area (Å²) in [5.74, 6) is 0.809. The highest BCUT2D eigenvalue weighted by Gasteiger charge is 2.39. The number of pyridine rings is 1. The highest BCUT2D eigenvalue weighted by molar-refractivity contribution is 5.26. The van der Waals surface area contributed by atoms with E-state index >= 15 is 0 Å². The quantitative estimate of drug-likeness (QED) is 0.840. The number of halogens is 3. The standard InChI is InChI=1S/C13H13F3N6O/c14-13(15,16)8-1-2-11(17-4-8)22-12(18-19-20-22)6-21-5-10-3-9(21)7-23-10/h1-2,4,9-10H,3,5-7H2/t9-,10-/m0/s1. The molecule has 2 saturated heterocycles. The van der Waals surface area contributed by atoms with Gasteiger partial charge in [0.2, 0.25) is 0 Å². The average molecular weight is 326 g/mol. The summed E-state index contributed by atoms with van der Waals surface area (Å²) in [5.41, 5.74) is -0.801. The van der Waals surface area contributed by atoms with Gasteiger partial charge in [-0.1, -0.05) is 0 Å². The predicted octanol–water partition coefficient (Wildman–Crippen LogP) is 1.05. The first kappa shape index (κ1) is 14.5. The summed E-state index contributed by atoms with van der Waals surface area (Å²) >= 11 is 0. The van der Waals surface area contributed by atoms with Gasteiger partial charge < -0.3 is 4.74 Å². The number of hydrogen-bond donors (Lipinski definition) is 0. The molecule has 0 aromatic carbocycles. The van der Waals surface area contributed by atoms with Crippen LogP contribution in [0.3, 0.4) is 0 Å². The van der Waals surface area contributed by atoms with Crippen LogP contribution in [0.2, 0.25) is 0 Å². The number of likely N-dealkylation sites (tertiary alicyclic amines) is 1. The zero-order valence-corrected chi connectivity index (χ0v) is 11.9. The number of fused-ring (bicyclic) bond motifs is 2. The molecule has 23 heavy (non-hydrogen) atoms. The Hall–Kier alpha value is -2.07. The number of morpholine rings is 1. The maximum Gasteiger partial charge on any atom is 0.417 e. The minimum absolute atomic E-state index is 0.258. The Balaban J connectivity index is 1.55. The zero-order valence-electron chi connectivity index (χ0n) is 11.9. The molecule has 0 amide bonds. The molecule has 10 heteroatoms. The fraction of sp³-hybridized carbons (Fsp3) is 0.538. The van der Waals surface area contributed by atoms with Crippen molar-refractivity contribution in [3.05, 3.63) is 29.7 Å². The molecule has 2 bridgehead atoms. The summed E-state index contributed by atoms with van der Waals surface area (Å²) < 4.78 is 44.7. The Bertz CT molecular complexity index is 700. The topological polar surface area (TPSA) is 69.0 Å². The number of ether oxygens (including phenoxy) is 1. The molecular weight excluding hydrogens is 313 g/mol. The molecule has 0 saturated carbocycles. The van der Waals surface area contributed by atoms with Gasteiger partial charge in [0.15, 0.2) is 11.6 Å². The van der Waals surface area contributed by atoms with Crippen molar-refractivity contribution in [3.8, 4) is 5.82 Å². The summed E-state index contributed by atoms with van der Waals surface area (Å²) in [4.78, 5) is 6.05. The van der Waals surface area contributed by atoms with Gasteiger partial charge in [-0.2, -0.15) is 17.9 Å². The van der Waals surface area contributed by atoms with E-state index in [9.17, 15) is 13.2 Å². The lowest BCUT2D eigenvalue weighted by Gasteiger charge is -2.25. The van der Waals surface area contributed by atoms with Crippen molar-refractivity contribution in [1.82, 2.24) is 30.1 Å². The van der Waals surface area contributed by atoms with Gasteiger partial charge in [-0.15, -0.1) is 5.10 Å². The van der Waals surface area contributed by atoms with Crippen molar-refractivity contribution in [2.24, 2.45) is 0 Å². The Labute approximate surface area is 129 Å². The second-order valence-corrected chi connectivity index (χ2v) is 5.68.